The van der Waals surface area contributed by atoms with E-state index in [1.165, 1.54) is 37.8 Å². The summed E-state index contributed by atoms with van der Waals surface area (Å²) >= 11 is 3.44. The molecule has 4 heteroatoms. The molecule has 0 aliphatic carbocycles. The average molecular weight is 341 g/mol. The van der Waals surface area contributed by atoms with Gasteiger partial charge in [0.2, 0.25) is 0 Å². The van der Waals surface area contributed by atoms with E-state index in [0.717, 1.165) is 28.5 Å². The molecule has 3 atom stereocenters. The molecule has 2 fully saturated rings. The molecule has 2 saturated heterocycles. The van der Waals surface area contributed by atoms with Crippen LogP contribution in [0.1, 0.15) is 31.2 Å². The summed E-state index contributed by atoms with van der Waals surface area (Å²) in [5.41, 5.74) is 7.57. The highest BCUT2D eigenvalue weighted by Crippen LogP contribution is 2.39. The highest BCUT2D eigenvalue weighted by molar-refractivity contribution is 9.10. The Morgan fingerprint density at radius 2 is 2.00 bits per heavy atom. The van der Waals surface area contributed by atoms with E-state index in [0.29, 0.717) is 5.92 Å². The summed E-state index contributed by atoms with van der Waals surface area (Å²) in [6.07, 6.45) is 5.91. The Kier molecular flexibility index (Phi) is 4.16. The first kappa shape index (κ1) is 14.5. The van der Waals surface area contributed by atoms with E-state index < -0.39 is 0 Å². The minimum absolute atomic E-state index is 0.175. The Labute approximate surface area is 128 Å². The maximum absolute atomic E-state index is 13.1. The van der Waals surface area contributed by atoms with Crippen molar-refractivity contribution in [2.24, 2.45) is 11.7 Å². The lowest BCUT2D eigenvalue weighted by Gasteiger charge is -2.38. The van der Waals surface area contributed by atoms with Crippen molar-refractivity contribution >= 4 is 15.9 Å². The highest BCUT2D eigenvalue weighted by atomic mass is 79.9. The molecule has 2 N–H and O–H groups in total. The van der Waals surface area contributed by atoms with Gasteiger partial charge in [-0.1, -0.05) is 22.0 Å². The first-order valence-corrected chi connectivity index (χ1v) is 8.25. The van der Waals surface area contributed by atoms with Crippen LogP contribution in [0.4, 0.5) is 4.39 Å². The molecule has 0 aromatic heterocycles. The Bertz CT molecular complexity index is 479. The number of benzene rings is 1. The average Bonchev–Trinajstić information content (AvgIpc) is 2.64. The maximum atomic E-state index is 13.1. The van der Waals surface area contributed by atoms with Gasteiger partial charge in [-0.3, -0.25) is 0 Å². The molecule has 110 valence electrons. The molecule has 1 aromatic rings. The van der Waals surface area contributed by atoms with Gasteiger partial charge < -0.3 is 10.6 Å². The second kappa shape index (κ2) is 5.74. The van der Waals surface area contributed by atoms with Crippen molar-refractivity contribution in [3.05, 3.63) is 34.1 Å². The van der Waals surface area contributed by atoms with E-state index in [4.69, 9.17) is 5.73 Å². The molecule has 2 nitrogen and oxygen atoms in total. The highest BCUT2D eigenvalue weighted by Gasteiger charge is 2.40. The minimum Gasteiger partial charge on any atom is -0.327 e. The molecule has 2 aliphatic heterocycles. The summed E-state index contributed by atoms with van der Waals surface area (Å²) in [6, 6.07) is 6.52. The van der Waals surface area contributed by atoms with Crippen molar-refractivity contribution in [3.63, 3.8) is 0 Å². The van der Waals surface area contributed by atoms with Crippen molar-refractivity contribution in [1.29, 1.82) is 0 Å². The molecule has 2 bridgehead atoms. The molecule has 1 aromatic carbocycles. The predicted octanol–water partition coefficient (Wildman–Crippen LogP) is 3.33. The van der Waals surface area contributed by atoms with Gasteiger partial charge >= 0.3 is 0 Å². The lowest BCUT2D eigenvalue weighted by Crippen LogP contribution is -2.46. The lowest BCUT2D eigenvalue weighted by molar-refractivity contribution is 0.120. The van der Waals surface area contributed by atoms with Crippen LogP contribution < -0.4 is 5.73 Å². The molecular formula is C16H22BrFN2. The summed E-state index contributed by atoms with van der Waals surface area (Å²) < 4.78 is 14.0. The van der Waals surface area contributed by atoms with E-state index in [1.54, 1.807) is 0 Å². The zero-order valence-electron chi connectivity index (χ0n) is 11.9. The van der Waals surface area contributed by atoms with E-state index >= 15 is 0 Å². The standard InChI is InChI=1S/C16H22BrFN2/c1-20-13-4-5-14(20)7-11(6-13)16(19)8-10-2-3-12(18)9-15(10)17/h2-3,9,11,13-14,16H,4-8,19H2,1H3. The van der Waals surface area contributed by atoms with Crippen LogP contribution in [-0.4, -0.2) is 30.1 Å². The number of fused-ring (bicyclic) bond motifs is 2. The summed E-state index contributed by atoms with van der Waals surface area (Å²) in [5, 5.41) is 0. The predicted molar refractivity (Wildman–Crippen MR) is 83.1 cm³/mol. The van der Waals surface area contributed by atoms with Crippen molar-refractivity contribution in [2.75, 3.05) is 7.05 Å². The first-order valence-electron chi connectivity index (χ1n) is 7.46. The van der Waals surface area contributed by atoms with Crippen molar-refractivity contribution in [1.82, 2.24) is 4.90 Å². The van der Waals surface area contributed by atoms with Gasteiger partial charge in [0.25, 0.3) is 0 Å². The van der Waals surface area contributed by atoms with Gasteiger partial charge in [0, 0.05) is 22.6 Å². The van der Waals surface area contributed by atoms with Crippen LogP contribution in [0, 0.1) is 11.7 Å². The number of piperidine rings is 1. The maximum Gasteiger partial charge on any atom is 0.124 e. The Hall–Kier alpha value is -0.450. The fourth-order valence-electron chi connectivity index (χ4n) is 3.91. The molecule has 2 heterocycles. The Balaban J connectivity index is 1.66. The SMILES string of the molecule is CN1C2CCC1CC(C(N)Cc1ccc(F)cc1Br)C2. The smallest absolute Gasteiger partial charge is 0.124 e. The van der Waals surface area contributed by atoms with Crippen LogP contribution in [0.3, 0.4) is 0 Å². The van der Waals surface area contributed by atoms with Gasteiger partial charge in [0.05, 0.1) is 0 Å². The minimum atomic E-state index is -0.202. The molecule has 0 amide bonds. The normalized spacial score (nSPS) is 31.5. The molecule has 0 radical (unpaired) electrons. The molecule has 0 spiro atoms. The monoisotopic (exact) mass is 340 g/mol. The van der Waals surface area contributed by atoms with E-state index in [1.807, 2.05) is 6.07 Å². The van der Waals surface area contributed by atoms with Crippen molar-refractivity contribution in [2.45, 2.75) is 50.2 Å². The summed E-state index contributed by atoms with van der Waals surface area (Å²) in [5.74, 6) is 0.396. The topological polar surface area (TPSA) is 29.3 Å². The molecule has 20 heavy (non-hydrogen) atoms. The third-order valence-electron chi connectivity index (χ3n) is 5.21. The number of nitrogens with two attached hydrogens (primary N) is 1. The van der Waals surface area contributed by atoms with Crippen LogP contribution in [0.15, 0.2) is 22.7 Å². The van der Waals surface area contributed by atoms with Crippen LogP contribution in [0.25, 0.3) is 0 Å². The fraction of sp³-hybridized carbons (Fsp3) is 0.625. The van der Waals surface area contributed by atoms with E-state index in [2.05, 4.69) is 27.9 Å². The molecule has 0 saturated carbocycles. The number of nitrogens with zero attached hydrogens (tertiary/aromatic N) is 1. The quantitative estimate of drug-likeness (QED) is 0.914. The zero-order chi connectivity index (χ0) is 14.3. The number of halogens is 2. The lowest BCUT2D eigenvalue weighted by atomic mass is 9.83. The number of hydrogen-bond donors (Lipinski definition) is 1. The number of rotatable bonds is 3. The molecule has 2 aliphatic rings. The van der Waals surface area contributed by atoms with Gasteiger partial charge in [-0.2, -0.15) is 0 Å². The second-order valence-corrected chi connectivity index (χ2v) is 7.24. The van der Waals surface area contributed by atoms with Crippen LogP contribution in [0.5, 0.6) is 0 Å². The van der Waals surface area contributed by atoms with Crippen LogP contribution >= 0.6 is 15.9 Å². The third-order valence-corrected chi connectivity index (χ3v) is 5.95. The van der Waals surface area contributed by atoms with Gasteiger partial charge in [-0.05, 0) is 62.8 Å². The molecule has 3 unspecified atom stereocenters. The van der Waals surface area contributed by atoms with Crippen LogP contribution in [0.2, 0.25) is 0 Å². The fourth-order valence-corrected chi connectivity index (χ4v) is 4.42. The Morgan fingerprint density at radius 1 is 1.35 bits per heavy atom. The first-order chi connectivity index (χ1) is 9.54. The second-order valence-electron chi connectivity index (χ2n) is 6.39. The van der Waals surface area contributed by atoms with Crippen molar-refractivity contribution in [3.8, 4) is 0 Å². The number of hydrogen-bond acceptors (Lipinski definition) is 2. The van der Waals surface area contributed by atoms with E-state index in [9.17, 15) is 4.39 Å². The van der Waals surface area contributed by atoms with Gasteiger partial charge in [-0.15, -0.1) is 0 Å². The summed E-state index contributed by atoms with van der Waals surface area (Å²) in [6.45, 7) is 0. The van der Waals surface area contributed by atoms with Crippen molar-refractivity contribution < 1.29 is 4.39 Å². The largest absolute Gasteiger partial charge is 0.327 e. The van der Waals surface area contributed by atoms with Gasteiger partial charge in [-0.25, -0.2) is 4.39 Å². The van der Waals surface area contributed by atoms with Gasteiger partial charge in [0.15, 0.2) is 0 Å². The summed E-state index contributed by atoms with van der Waals surface area (Å²) in [4.78, 5) is 2.54. The Morgan fingerprint density at radius 3 is 2.60 bits per heavy atom. The third kappa shape index (κ3) is 2.78. The van der Waals surface area contributed by atoms with Crippen LogP contribution in [-0.2, 0) is 6.42 Å². The summed E-state index contributed by atoms with van der Waals surface area (Å²) in [7, 11) is 2.25. The zero-order valence-corrected chi connectivity index (χ0v) is 13.4. The molecule has 3 rings (SSSR count). The van der Waals surface area contributed by atoms with E-state index in [-0.39, 0.29) is 11.9 Å². The van der Waals surface area contributed by atoms with Gasteiger partial charge in [0.1, 0.15) is 5.82 Å². The molecular weight excluding hydrogens is 319 g/mol.